The third-order valence-electron chi connectivity index (χ3n) is 4.61. The lowest BCUT2D eigenvalue weighted by Crippen LogP contribution is -2.43. The molecule has 5 nitrogen and oxygen atoms in total. The predicted molar refractivity (Wildman–Crippen MR) is 91.0 cm³/mol. The molecule has 2 amide bonds. The predicted octanol–water partition coefficient (Wildman–Crippen LogP) is 2.67. The number of nitrogens with one attached hydrogen (secondary N) is 1. The summed E-state index contributed by atoms with van der Waals surface area (Å²) >= 11 is 0. The number of aromatic nitrogens is 1. The second kappa shape index (κ2) is 8.20. The molecule has 0 aliphatic carbocycles. The molecule has 2 heterocycles. The number of carbonyl (C=O) groups excluding carboxylic acids is 2. The topological polar surface area (TPSA) is 62.3 Å². The Balaban J connectivity index is 1.54. The number of pyridine rings is 1. The first-order chi connectivity index (χ1) is 13.0. The molecule has 3 rings (SSSR count). The minimum Gasteiger partial charge on any atom is -0.352 e. The fourth-order valence-corrected chi connectivity index (χ4v) is 3.04. The van der Waals surface area contributed by atoms with Crippen LogP contribution in [-0.2, 0) is 11.3 Å². The third-order valence-corrected chi connectivity index (χ3v) is 4.61. The zero-order valence-corrected chi connectivity index (χ0v) is 14.4. The summed E-state index contributed by atoms with van der Waals surface area (Å²) < 4.78 is 40.1. The summed E-state index contributed by atoms with van der Waals surface area (Å²) in [5.41, 5.74) is 0.376. The van der Waals surface area contributed by atoms with E-state index in [1.54, 1.807) is 18.5 Å². The fraction of sp³-hybridized carbons (Fsp3) is 0.316. The normalized spacial score (nSPS) is 14.9. The van der Waals surface area contributed by atoms with Gasteiger partial charge < -0.3 is 10.2 Å². The number of nitrogens with zero attached hydrogens (tertiary/aromatic N) is 2. The molecule has 1 N–H and O–H groups in total. The van der Waals surface area contributed by atoms with Gasteiger partial charge in [0.2, 0.25) is 5.91 Å². The number of halogens is 3. The van der Waals surface area contributed by atoms with E-state index in [1.807, 2.05) is 6.07 Å². The molecule has 0 saturated carbocycles. The van der Waals surface area contributed by atoms with Crippen molar-refractivity contribution >= 4 is 11.8 Å². The quantitative estimate of drug-likeness (QED) is 0.834. The molecule has 0 atom stereocenters. The van der Waals surface area contributed by atoms with Gasteiger partial charge in [0, 0.05) is 37.9 Å². The second-order valence-electron chi connectivity index (χ2n) is 6.37. The molecular formula is C19H18F3N3O2. The van der Waals surface area contributed by atoms with Crippen LogP contribution in [0.15, 0.2) is 36.7 Å². The molecular weight excluding hydrogens is 359 g/mol. The van der Waals surface area contributed by atoms with Crippen molar-refractivity contribution in [2.24, 2.45) is 5.92 Å². The average molecular weight is 377 g/mol. The van der Waals surface area contributed by atoms with Crippen LogP contribution in [0.1, 0.15) is 28.8 Å². The summed E-state index contributed by atoms with van der Waals surface area (Å²) in [5, 5.41) is 2.83. The van der Waals surface area contributed by atoms with Crippen LogP contribution in [0.2, 0.25) is 0 Å². The number of carbonyl (C=O) groups is 2. The first-order valence-electron chi connectivity index (χ1n) is 8.56. The molecule has 0 radical (unpaired) electrons. The molecule has 1 aromatic carbocycles. The van der Waals surface area contributed by atoms with Gasteiger partial charge in [0.25, 0.3) is 5.91 Å². The number of likely N-dealkylation sites (tertiary alicyclic amines) is 1. The van der Waals surface area contributed by atoms with Gasteiger partial charge in [-0.15, -0.1) is 0 Å². The molecule has 1 aliphatic heterocycles. The molecule has 1 aliphatic rings. The second-order valence-corrected chi connectivity index (χ2v) is 6.37. The smallest absolute Gasteiger partial charge is 0.256 e. The van der Waals surface area contributed by atoms with Crippen LogP contribution >= 0.6 is 0 Å². The number of piperidine rings is 1. The Labute approximate surface area is 154 Å². The summed E-state index contributed by atoms with van der Waals surface area (Å²) in [6.45, 7) is 0.844. The summed E-state index contributed by atoms with van der Waals surface area (Å²) in [7, 11) is 0. The first-order valence-corrected chi connectivity index (χ1v) is 8.56. The lowest BCUT2D eigenvalue weighted by Gasteiger charge is -2.31. The zero-order valence-electron chi connectivity index (χ0n) is 14.4. The molecule has 0 unspecified atom stereocenters. The average Bonchev–Trinajstić information content (AvgIpc) is 2.71. The minimum atomic E-state index is -1.66. The Morgan fingerprint density at radius 3 is 2.52 bits per heavy atom. The fourth-order valence-electron chi connectivity index (χ4n) is 3.04. The number of benzene rings is 1. The van der Waals surface area contributed by atoms with Crippen LogP contribution in [0.5, 0.6) is 0 Å². The van der Waals surface area contributed by atoms with Crippen molar-refractivity contribution in [3.63, 3.8) is 0 Å². The van der Waals surface area contributed by atoms with E-state index in [2.05, 4.69) is 10.3 Å². The Bertz CT molecular complexity index is 838. The van der Waals surface area contributed by atoms with Crippen molar-refractivity contribution in [3.05, 3.63) is 65.2 Å². The first kappa shape index (κ1) is 18.9. The maximum absolute atomic E-state index is 13.8. The van der Waals surface area contributed by atoms with Crippen molar-refractivity contribution < 1.29 is 22.8 Å². The molecule has 2 aromatic rings. The summed E-state index contributed by atoms with van der Waals surface area (Å²) in [6, 6.07) is 5.29. The van der Waals surface area contributed by atoms with Crippen molar-refractivity contribution in [1.29, 1.82) is 0 Å². The highest BCUT2D eigenvalue weighted by Gasteiger charge is 2.29. The maximum Gasteiger partial charge on any atom is 0.256 e. The standard InChI is InChI=1S/C19H18F3N3O2/c20-15-4-3-14(16(21)17(15)22)19(27)25-8-5-13(6-9-25)18(26)24-11-12-2-1-7-23-10-12/h1-4,7,10,13H,5-6,8-9,11H2,(H,24,26). The molecule has 1 aromatic heterocycles. The highest BCUT2D eigenvalue weighted by atomic mass is 19.2. The van der Waals surface area contributed by atoms with Crippen molar-refractivity contribution in [3.8, 4) is 0 Å². The van der Waals surface area contributed by atoms with Crippen LogP contribution < -0.4 is 5.32 Å². The summed E-state index contributed by atoms with van der Waals surface area (Å²) in [5.74, 6) is -5.58. The van der Waals surface area contributed by atoms with Crippen LogP contribution in [0, 0.1) is 23.4 Å². The van der Waals surface area contributed by atoms with E-state index in [0.29, 0.717) is 19.4 Å². The van der Waals surface area contributed by atoms with E-state index in [9.17, 15) is 22.8 Å². The van der Waals surface area contributed by atoms with E-state index < -0.39 is 28.9 Å². The highest BCUT2D eigenvalue weighted by Crippen LogP contribution is 2.22. The monoisotopic (exact) mass is 377 g/mol. The maximum atomic E-state index is 13.8. The van der Waals surface area contributed by atoms with Gasteiger partial charge in [-0.1, -0.05) is 6.07 Å². The molecule has 27 heavy (non-hydrogen) atoms. The SMILES string of the molecule is O=C(NCc1cccnc1)C1CCN(C(=O)c2ccc(F)c(F)c2F)CC1. The Morgan fingerprint density at radius 2 is 1.85 bits per heavy atom. The van der Waals surface area contributed by atoms with Crippen LogP contribution in [0.25, 0.3) is 0 Å². The van der Waals surface area contributed by atoms with Gasteiger partial charge in [-0.3, -0.25) is 14.6 Å². The molecule has 1 saturated heterocycles. The lowest BCUT2D eigenvalue weighted by molar-refractivity contribution is -0.126. The van der Waals surface area contributed by atoms with E-state index in [0.717, 1.165) is 17.7 Å². The van der Waals surface area contributed by atoms with E-state index in [1.165, 1.54) is 4.90 Å². The number of amides is 2. The van der Waals surface area contributed by atoms with Crippen molar-refractivity contribution in [2.75, 3.05) is 13.1 Å². The van der Waals surface area contributed by atoms with Crippen molar-refractivity contribution in [2.45, 2.75) is 19.4 Å². The van der Waals surface area contributed by atoms with Gasteiger partial charge >= 0.3 is 0 Å². The molecule has 0 spiro atoms. The van der Waals surface area contributed by atoms with Gasteiger partial charge in [0.15, 0.2) is 17.5 Å². The number of hydrogen-bond acceptors (Lipinski definition) is 3. The van der Waals surface area contributed by atoms with Gasteiger partial charge in [0.05, 0.1) is 5.56 Å². The summed E-state index contributed by atoms with van der Waals surface area (Å²) in [6.07, 6.45) is 4.14. The number of hydrogen-bond donors (Lipinski definition) is 1. The van der Waals surface area contributed by atoms with E-state index >= 15 is 0 Å². The molecule has 8 heteroatoms. The van der Waals surface area contributed by atoms with Gasteiger partial charge in [-0.25, -0.2) is 13.2 Å². The lowest BCUT2D eigenvalue weighted by atomic mass is 9.95. The van der Waals surface area contributed by atoms with Crippen LogP contribution in [0.3, 0.4) is 0 Å². The summed E-state index contributed by atoms with van der Waals surface area (Å²) in [4.78, 5) is 30.0. The Kier molecular flexibility index (Phi) is 5.73. The molecule has 0 bridgehead atoms. The molecule has 142 valence electrons. The zero-order chi connectivity index (χ0) is 19.4. The van der Waals surface area contributed by atoms with Crippen LogP contribution in [0.4, 0.5) is 13.2 Å². The molecule has 1 fully saturated rings. The van der Waals surface area contributed by atoms with Crippen LogP contribution in [-0.4, -0.2) is 34.8 Å². The largest absolute Gasteiger partial charge is 0.352 e. The third kappa shape index (κ3) is 4.27. The minimum absolute atomic E-state index is 0.120. The Hall–Kier alpha value is -2.90. The van der Waals surface area contributed by atoms with Gasteiger partial charge in [-0.05, 0) is 36.6 Å². The Morgan fingerprint density at radius 1 is 1.11 bits per heavy atom. The highest BCUT2D eigenvalue weighted by molar-refractivity contribution is 5.94. The van der Waals surface area contributed by atoms with E-state index in [4.69, 9.17) is 0 Å². The van der Waals surface area contributed by atoms with Gasteiger partial charge in [0.1, 0.15) is 0 Å². The van der Waals surface area contributed by atoms with Crippen molar-refractivity contribution in [1.82, 2.24) is 15.2 Å². The van der Waals surface area contributed by atoms with Gasteiger partial charge in [-0.2, -0.15) is 0 Å². The van der Waals surface area contributed by atoms with E-state index in [-0.39, 0.29) is 24.9 Å². The number of rotatable bonds is 4.